The number of halogens is 2. The van der Waals surface area contributed by atoms with E-state index in [1.165, 1.54) is 24.3 Å². The predicted octanol–water partition coefficient (Wildman–Crippen LogP) is 3.16. The summed E-state index contributed by atoms with van der Waals surface area (Å²) in [6.07, 6.45) is 0. The van der Waals surface area contributed by atoms with Crippen molar-refractivity contribution in [1.82, 2.24) is 10.6 Å². The normalized spacial score (nSPS) is 10.1. The highest BCUT2D eigenvalue weighted by atomic mass is 35.5. The molecule has 2 N–H and O–H groups in total. The molecule has 2 aromatic rings. The highest BCUT2D eigenvalue weighted by Gasteiger charge is 2.08. The molecule has 0 saturated carbocycles. The highest BCUT2D eigenvalue weighted by molar-refractivity contribution is 6.30. The number of carbonyl (C=O) groups is 2. The van der Waals surface area contributed by atoms with Crippen molar-refractivity contribution in [3.63, 3.8) is 0 Å². The number of Topliss-reactive ketones (excluding diaryl/α,β-unsaturated/α-hetero) is 1. The zero-order valence-corrected chi connectivity index (χ0v) is 12.4. The molecule has 0 atom stereocenters. The van der Waals surface area contributed by atoms with Crippen molar-refractivity contribution >= 4 is 23.4 Å². The van der Waals surface area contributed by atoms with Crippen LogP contribution in [0.15, 0.2) is 48.5 Å². The van der Waals surface area contributed by atoms with Crippen molar-refractivity contribution < 1.29 is 14.0 Å². The van der Waals surface area contributed by atoms with Crippen LogP contribution in [-0.4, -0.2) is 18.4 Å². The fourth-order valence-electron chi connectivity index (χ4n) is 1.79. The van der Waals surface area contributed by atoms with Crippen molar-refractivity contribution in [3.8, 4) is 0 Å². The maximum absolute atomic E-state index is 12.8. The van der Waals surface area contributed by atoms with Gasteiger partial charge in [-0.25, -0.2) is 9.18 Å². The van der Waals surface area contributed by atoms with Crippen LogP contribution in [0.25, 0.3) is 0 Å². The second-order valence-electron chi connectivity index (χ2n) is 4.60. The van der Waals surface area contributed by atoms with Gasteiger partial charge in [0.05, 0.1) is 6.54 Å². The van der Waals surface area contributed by atoms with Gasteiger partial charge in [-0.15, -0.1) is 0 Å². The van der Waals surface area contributed by atoms with E-state index in [0.717, 1.165) is 5.56 Å². The quantitative estimate of drug-likeness (QED) is 0.831. The second-order valence-corrected chi connectivity index (χ2v) is 5.03. The van der Waals surface area contributed by atoms with Gasteiger partial charge in [-0.1, -0.05) is 23.7 Å². The summed E-state index contributed by atoms with van der Waals surface area (Å²) in [6.45, 7) is 0.143. The lowest BCUT2D eigenvalue weighted by molar-refractivity contribution is 0.0992. The molecule has 0 radical (unpaired) electrons. The zero-order valence-electron chi connectivity index (χ0n) is 11.6. The molecule has 0 heterocycles. The molecule has 0 spiro atoms. The Balaban J connectivity index is 1.78. The van der Waals surface area contributed by atoms with E-state index in [9.17, 15) is 14.0 Å². The number of nitrogens with one attached hydrogen (secondary N) is 2. The van der Waals surface area contributed by atoms with Crippen molar-refractivity contribution in [2.24, 2.45) is 0 Å². The van der Waals surface area contributed by atoms with Crippen LogP contribution in [-0.2, 0) is 6.54 Å². The molecular formula is C16H14ClFN2O2. The monoisotopic (exact) mass is 320 g/mol. The van der Waals surface area contributed by atoms with Gasteiger partial charge in [-0.05, 0) is 42.0 Å². The van der Waals surface area contributed by atoms with E-state index in [-0.39, 0.29) is 12.3 Å². The molecule has 2 aromatic carbocycles. The maximum Gasteiger partial charge on any atom is 0.315 e. The largest absolute Gasteiger partial charge is 0.334 e. The first-order valence-corrected chi connectivity index (χ1v) is 6.97. The van der Waals surface area contributed by atoms with Crippen molar-refractivity contribution in [3.05, 3.63) is 70.5 Å². The van der Waals surface area contributed by atoms with E-state index < -0.39 is 11.8 Å². The van der Waals surface area contributed by atoms with Gasteiger partial charge in [0, 0.05) is 17.1 Å². The Bertz CT molecular complexity index is 674. The number of benzene rings is 2. The number of hydrogen-bond acceptors (Lipinski definition) is 2. The van der Waals surface area contributed by atoms with Gasteiger partial charge in [-0.3, -0.25) is 4.79 Å². The molecule has 0 unspecified atom stereocenters. The number of ketones is 1. The van der Waals surface area contributed by atoms with Crippen LogP contribution in [0.5, 0.6) is 0 Å². The van der Waals surface area contributed by atoms with Gasteiger partial charge in [0.15, 0.2) is 5.78 Å². The first kappa shape index (κ1) is 16.0. The molecule has 0 aliphatic rings. The Morgan fingerprint density at radius 2 is 1.77 bits per heavy atom. The third-order valence-electron chi connectivity index (χ3n) is 2.92. The van der Waals surface area contributed by atoms with E-state index in [1.54, 1.807) is 18.2 Å². The smallest absolute Gasteiger partial charge is 0.315 e. The summed E-state index contributed by atoms with van der Waals surface area (Å²) in [6, 6.07) is 11.8. The minimum Gasteiger partial charge on any atom is -0.334 e. The third kappa shape index (κ3) is 4.86. The van der Waals surface area contributed by atoms with E-state index >= 15 is 0 Å². The van der Waals surface area contributed by atoms with Crippen LogP contribution in [0, 0.1) is 5.82 Å². The van der Waals surface area contributed by atoms with Gasteiger partial charge < -0.3 is 10.6 Å². The molecule has 6 heteroatoms. The Kier molecular flexibility index (Phi) is 5.49. The van der Waals surface area contributed by atoms with Crippen LogP contribution in [0.1, 0.15) is 15.9 Å². The maximum atomic E-state index is 12.8. The molecule has 4 nitrogen and oxygen atoms in total. The van der Waals surface area contributed by atoms with Crippen LogP contribution in [0.3, 0.4) is 0 Å². The summed E-state index contributed by atoms with van der Waals surface area (Å²) in [7, 11) is 0. The van der Waals surface area contributed by atoms with E-state index in [1.807, 2.05) is 6.07 Å². The van der Waals surface area contributed by atoms with Crippen molar-refractivity contribution in [2.45, 2.75) is 6.54 Å². The van der Waals surface area contributed by atoms with Crippen LogP contribution in [0.2, 0.25) is 5.02 Å². The van der Waals surface area contributed by atoms with Crippen molar-refractivity contribution in [1.29, 1.82) is 0 Å². The molecule has 114 valence electrons. The number of amides is 2. The summed E-state index contributed by atoms with van der Waals surface area (Å²) in [5.41, 5.74) is 1.20. The Labute approximate surface area is 132 Å². The van der Waals surface area contributed by atoms with Gasteiger partial charge in [0.25, 0.3) is 0 Å². The van der Waals surface area contributed by atoms with E-state index in [0.29, 0.717) is 17.1 Å². The molecule has 2 rings (SSSR count). The fourth-order valence-corrected chi connectivity index (χ4v) is 2.00. The summed E-state index contributed by atoms with van der Waals surface area (Å²) in [5, 5.41) is 5.66. The summed E-state index contributed by atoms with van der Waals surface area (Å²) in [4.78, 5) is 23.4. The molecule has 22 heavy (non-hydrogen) atoms. The molecule has 0 bridgehead atoms. The first-order chi connectivity index (χ1) is 10.5. The lowest BCUT2D eigenvalue weighted by Crippen LogP contribution is -2.38. The minimum absolute atomic E-state index is 0.160. The SMILES string of the molecule is O=C(NCC(=O)c1ccc(F)cc1)NCc1cccc(Cl)c1. The average Bonchev–Trinajstić information content (AvgIpc) is 2.51. The van der Waals surface area contributed by atoms with E-state index in [4.69, 9.17) is 11.6 Å². The summed E-state index contributed by atoms with van der Waals surface area (Å²) >= 11 is 5.84. The summed E-state index contributed by atoms with van der Waals surface area (Å²) in [5.74, 6) is -0.707. The highest BCUT2D eigenvalue weighted by Crippen LogP contribution is 2.10. The number of urea groups is 1. The van der Waals surface area contributed by atoms with Gasteiger partial charge in [0.2, 0.25) is 0 Å². The van der Waals surface area contributed by atoms with Gasteiger partial charge >= 0.3 is 6.03 Å². The average molecular weight is 321 g/mol. The third-order valence-corrected chi connectivity index (χ3v) is 3.15. The minimum atomic E-state index is -0.463. The Morgan fingerprint density at radius 3 is 2.45 bits per heavy atom. The Morgan fingerprint density at radius 1 is 1.05 bits per heavy atom. The molecule has 0 aromatic heterocycles. The fraction of sp³-hybridized carbons (Fsp3) is 0.125. The molecular weight excluding hydrogens is 307 g/mol. The molecule has 0 fully saturated rings. The Hall–Kier alpha value is -2.40. The van der Waals surface area contributed by atoms with Gasteiger partial charge in [-0.2, -0.15) is 0 Å². The number of hydrogen-bond donors (Lipinski definition) is 2. The zero-order chi connectivity index (χ0) is 15.9. The van der Waals surface area contributed by atoms with Crippen LogP contribution < -0.4 is 10.6 Å². The first-order valence-electron chi connectivity index (χ1n) is 6.59. The lowest BCUT2D eigenvalue weighted by atomic mass is 10.1. The number of rotatable bonds is 5. The molecule has 2 amide bonds. The summed E-state index contributed by atoms with van der Waals surface area (Å²) < 4.78 is 12.8. The van der Waals surface area contributed by atoms with E-state index in [2.05, 4.69) is 10.6 Å². The molecule has 0 aliphatic heterocycles. The van der Waals surface area contributed by atoms with Gasteiger partial charge in [0.1, 0.15) is 5.82 Å². The van der Waals surface area contributed by atoms with Crippen molar-refractivity contribution in [2.75, 3.05) is 6.54 Å². The molecule has 0 saturated heterocycles. The molecule has 0 aliphatic carbocycles. The number of carbonyl (C=O) groups excluding carboxylic acids is 2. The van der Waals surface area contributed by atoms with Crippen LogP contribution in [0.4, 0.5) is 9.18 Å². The second kappa shape index (κ2) is 7.56. The van der Waals surface area contributed by atoms with Crippen LogP contribution >= 0.6 is 11.6 Å². The lowest BCUT2D eigenvalue weighted by Gasteiger charge is -2.07. The topological polar surface area (TPSA) is 58.2 Å². The predicted molar refractivity (Wildman–Crippen MR) is 82.4 cm³/mol. The standard InChI is InChI=1S/C16H14ClFN2O2/c17-13-3-1-2-11(8-13)9-19-16(22)20-10-15(21)12-4-6-14(18)7-5-12/h1-8H,9-10H2,(H2,19,20,22).